The number of nitrogens with zero attached hydrogens (tertiary/aromatic N) is 3. The predicted molar refractivity (Wildman–Crippen MR) is 312 cm³/mol. The highest BCUT2D eigenvalue weighted by Gasteiger charge is 2.34. The molecule has 0 radical (unpaired) electrons. The van der Waals surface area contributed by atoms with Crippen LogP contribution in [0.25, 0.3) is 10.2 Å². The molecule has 18 heteroatoms. The van der Waals surface area contributed by atoms with Crippen molar-refractivity contribution >= 4 is 68.7 Å². The maximum Gasteiger partial charge on any atom is 0.330 e. The summed E-state index contributed by atoms with van der Waals surface area (Å²) in [7, 11) is 0. The van der Waals surface area contributed by atoms with Gasteiger partial charge in [-0.15, -0.1) is 0 Å². The van der Waals surface area contributed by atoms with Gasteiger partial charge in [-0.2, -0.15) is 5.10 Å². The summed E-state index contributed by atoms with van der Waals surface area (Å²) in [5.41, 5.74) is 1.26. The Kier molecular flexibility index (Phi) is 24.5. The number of para-hydroxylation sites is 1. The lowest BCUT2D eigenvalue weighted by molar-refractivity contribution is -0.145. The van der Waals surface area contributed by atoms with Crippen LogP contribution in [0.4, 0.5) is 5.13 Å². The Labute approximate surface area is 483 Å². The zero-order valence-electron chi connectivity index (χ0n) is 47.0. The SMILES string of the molecule is C=CC(=O)OCCCCCCOc1ccc(OC(=O)C2CCC(C(=O)Oc3ccc(OC(=O)C4CCC(C(=O)Oc5ccc(OCCCCCCOC(=O)C=C)cc5)CC4)c(/C=N/N(CC(C)C)c4nc5ccccc5s4)c3)CC2)cc1. The van der Waals surface area contributed by atoms with Crippen molar-refractivity contribution in [1.29, 1.82) is 0 Å². The lowest BCUT2D eigenvalue weighted by atomic mass is 9.82. The third-order valence-corrected chi connectivity index (χ3v) is 15.1. The number of hydrogen-bond donors (Lipinski definition) is 0. The van der Waals surface area contributed by atoms with Crippen LogP contribution in [0.1, 0.15) is 122 Å². The van der Waals surface area contributed by atoms with Crippen molar-refractivity contribution in [3.05, 3.63) is 122 Å². The second kappa shape index (κ2) is 32.5. The number of hydrogen-bond acceptors (Lipinski definition) is 18. The van der Waals surface area contributed by atoms with Crippen LogP contribution in [0.5, 0.6) is 34.5 Å². The predicted octanol–water partition coefficient (Wildman–Crippen LogP) is 12.8. The number of benzene rings is 4. The molecule has 2 aliphatic carbocycles. The lowest BCUT2D eigenvalue weighted by Gasteiger charge is -2.26. The lowest BCUT2D eigenvalue weighted by Crippen LogP contribution is -2.30. The standard InChI is InChI=1S/C64H75N3O14S/c1-5-58(68)76-39-15-9-7-13-37-74-50-27-31-52(32-28-50)78-60(70)45-19-21-47(22-20-45)62(72)80-54-35-36-56(49(41-54)42-65-67(43-44(3)4)64-66-55-17-11-12-18-57(55)82-64)81-63(73)48-25-23-46(24-26-48)61(71)79-53-33-29-51(30-34-53)75-38-14-8-10-16-40-77-59(69)6-2/h5-6,11-12,17-18,27-36,41-42,44-48H,1-2,7-10,13-16,19-26,37-40,43H2,3-4H3/b65-42+. The van der Waals surface area contributed by atoms with Crippen LogP contribution in [0.3, 0.4) is 0 Å². The van der Waals surface area contributed by atoms with E-state index in [2.05, 4.69) is 27.0 Å². The summed E-state index contributed by atoms with van der Waals surface area (Å²) in [5, 5.41) is 7.38. The summed E-state index contributed by atoms with van der Waals surface area (Å²) in [6.07, 6.45) is 14.4. The Balaban J connectivity index is 0.898. The first-order valence-corrected chi connectivity index (χ1v) is 29.4. The van der Waals surface area contributed by atoms with Gasteiger partial charge < -0.3 is 37.9 Å². The van der Waals surface area contributed by atoms with Crippen LogP contribution in [0, 0.1) is 29.6 Å². The topological polar surface area (TPSA) is 205 Å². The van der Waals surface area contributed by atoms with Gasteiger partial charge in [-0.1, -0.05) is 50.5 Å². The number of unbranched alkanes of at least 4 members (excludes halogenated alkanes) is 6. The number of aromatic nitrogens is 1. The van der Waals surface area contributed by atoms with Gasteiger partial charge in [-0.05, 0) is 188 Å². The molecule has 0 aliphatic heterocycles. The van der Waals surface area contributed by atoms with Crippen molar-refractivity contribution in [1.82, 2.24) is 4.98 Å². The van der Waals surface area contributed by atoms with E-state index >= 15 is 0 Å². The first-order chi connectivity index (χ1) is 39.8. The smallest absolute Gasteiger partial charge is 0.330 e. The van der Waals surface area contributed by atoms with Crippen LogP contribution in [-0.2, 0) is 38.2 Å². The summed E-state index contributed by atoms with van der Waals surface area (Å²) in [6.45, 7) is 13.3. The Morgan fingerprint density at radius 3 is 1.41 bits per heavy atom. The van der Waals surface area contributed by atoms with Gasteiger partial charge in [0.05, 0.1) is 66.5 Å². The minimum Gasteiger partial charge on any atom is -0.494 e. The second-order valence-electron chi connectivity index (χ2n) is 20.9. The first-order valence-electron chi connectivity index (χ1n) is 28.6. The van der Waals surface area contributed by atoms with Gasteiger partial charge in [-0.25, -0.2) is 19.6 Å². The molecule has 0 N–H and O–H groups in total. The van der Waals surface area contributed by atoms with Crippen molar-refractivity contribution < 1.29 is 66.7 Å². The molecule has 0 amide bonds. The highest BCUT2D eigenvalue weighted by molar-refractivity contribution is 7.22. The van der Waals surface area contributed by atoms with Crippen molar-refractivity contribution in [3.63, 3.8) is 0 Å². The molecule has 4 aromatic carbocycles. The molecule has 7 rings (SSSR count). The largest absolute Gasteiger partial charge is 0.494 e. The fourth-order valence-corrected chi connectivity index (χ4v) is 10.4. The third kappa shape index (κ3) is 20.0. The van der Waals surface area contributed by atoms with Gasteiger partial charge in [0.2, 0.25) is 5.13 Å². The number of fused-ring (bicyclic) bond motifs is 1. The van der Waals surface area contributed by atoms with E-state index in [-0.39, 0.29) is 41.2 Å². The van der Waals surface area contributed by atoms with Gasteiger partial charge in [-0.3, -0.25) is 19.2 Å². The molecule has 0 spiro atoms. The molecule has 1 heterocycles. The first kappa shape index (κ1) is 61.8. The van der Waals surface area contributed by atoms with E-state index in [0.717, 1.165) is 73.7 Å². The van der Waals surface area contributed by atoms with Crippen molar-refractivity contribution in [2.75, 3.05) is 38.0 Å². The van der Waals surface area contributed by atoms with E-state index in [1.54, 1.807) is 72.9 Å². The molecule has 2 fully saturated rings. The van der Waals surface area contributed by atoms with E-state index in [0.29, 0.717) is 118 Å². The summed E-state index contributed by atoms with van der Waals surface area (Å²) in [4.78, 5) is 81.3. The highest BCUT2D eigenvalue weighted by Crippen LogP contribution is 2.36. The van der Waals surface area contributed by atoms with Crippen LogP contribution in [0.2, 0.25) is 0 Å². The van der Waals surface area contributed by atoms with Crippen LogP contribution in [-0.4, -0.2) is 80.0 Å². The van der Waals surface area contributed by atoms with Gasteiger partial charge in [0.15, 0.2) is 0 Å². The number of carbonyl (C=O) groups excluding carboxylic acids is 6. The van der Waals surface area contributed by atoms with E-state index < -0.39 is 35.7 Å². The number of carbonyl (C=O) groups is 6. The Morgan fingerprint density at radius 1 is 0.549 bits per heavy atom. The highest BCUT2D eigenvalue weighted by atomic mass is 32.1. The summed E-state index contributed by atoms with van der Waals surface area (Å²) >= 11 is 1.51. The fraction of sp³-hybridized carbons (Fsp3) is 0.438. The minimum atomic E-state index is -0.466. The molecule has 17 nitrogen and oxygen atoms in total. The van der Waals surface area contributed by atoms with Gasteiger partial charge in [0.1, 0.15) is 34.5 Å². The molecule has 5 aromatic rings. The van der Waals surface area contributed by atoms with E-state index in [4.69, 9.17) is 48.0 Å². The minimum absolute atomic E-state index is 0.217. The average molecular weight is 1140 g/mol. The Hall–Kier alpha value is -7.86. The zero-order chi connectivity index (χ0) is 58.1. The Morgan fingerprint density at radius 2 is 0.963 bits per heavy atom. The van der Waals surface area contributed by atoms with Crippen LogP contribution < -0.4 is 33.4 Å². The third-order valence-electron chi connectivity index (χ3n) is 14.1. The Bertz CT molecular complexity index is 2910. The van der Waals surface area contributed by atoms with E-state index in [1.165, 1.54) is 11.3 Å². The molecule has 2 saturated carbocycles. The van der Waals surface area contributed by atoms with Crippen molar-refractivity contribution in [2.45, 2.75) is 117 Å². The maximum atomic E-state index is 13.9. The molecule has 0 bridgehead atoms. The summed E-state index contributed by atoms with van der Waals surface area (Å²) in [6, 6.07) is 26.5. The van der Waals surface area contributed by atoms with Gasteiger partial charge >= 0.3 is 35.8 Å². The molecule has 82 heavy (non-hydrogen) atoms. The van der Waals surface area contributed by atoms with Crippen LogP contribution in [0.15, 0.2) is 121 Å². The normalized spacial score (nSPS) is 16.9. The average Bonchev–Trinajstić information content (AvgIpc) is 4.06. The number of ether oxygens (including phenoxy) is 8. The number of thiazole rings is 1. The summed E-state index contributed by atoms with van der Waals surface area (Å²) in [5.74, 6) is -1.24. The molecule has 0 atom stereocenters. The molecule has 0 unspecified atom stereocenters. The van der Waals surface area contributed by atoms with Crippen molar-refractivity contribution in [3.8, 4) is 34.5 Å². The van der Waals surface area contributed by atoms with Gasteiger partial charge in [0.25, 0.3) is 0 Å². The van der Waals surface area contributed by atoms with E-state index in [9.17, 15) is 28.8 Å². The number of hydrazone groups is 1. The quantitative estimate of drug-likeness (QED) is 0.0101. The molecule has 1 aromatic heterocycles. The number of anilines is 1. The van der Waals surface area contributed by atoms with E-state index in [1.807, 2.05) is 29.3 Å². The van der Waals surface area contributed by atoms with Crippen LogP contribution >= 0.6 is 11.3 Å². The molecular formula is C64H75N3O14S. The summed E-state index contributed by atoms with van der Waals surface area (Å²) < 4.78 is 46.3. The number of esters is 6. The zero-order valence-corrected chi connectivity index (χ0v) is 47.8. The number of rotatable bonds is 31. The monoisotopic (exact) mass is 1140 g/mol. The van der Waals surface area contributed by atoms with Gasteiger partial charge in [0, 0.05) is 24.3 Å². The second-order valence-corrected chi connectivity index (χ2v) is 21.9. The maximum absolute atomic E-state index is 13.9. The molecular weight excluding hydrogens is 1070 g/mol. The molecule has 436 valence electrons. The van der Waals surface area contributed by atoms with Crippen molar-refractivity contribution in [2.24, 2.45) is 34.7 Å². The fourth-order valence-electron chi connectivity index (χ4n) is 9.49. The molecule has 2 aliphatic rings. The molecule has 0 saturated heterocycles.